The second-order valence-corrected chi connectivity index (χ2v) is 6.79. The van der Waals surface area contributed by atoms with E-state index in [1.807, 2.05) is 6.92 Å². The molecule has 2 heterocycles. The first kappa shape index (κ1) is 18.9. The molecule has 1 unspecified atom stereocenters. The average molecular weight is 372 g/mol. The number of methoxy groups -OCH3 is 1. The Bertz CT molecular complexity index is 821. The summed E-state index contributed by atoms with van der Waals surface area (Å²) >= 11 is 0. The number of amides is 1. The molecule has 1 aliphatic carbocycles. The van der Waals surface area contributed by atoms with E-state index in [-0.39, 0.29) is 17.6 Å². The van der Waals surface area contributed by atoms with Gasteiger partial charge in [-0.25, -0.2) is 9.97 Å². The molecule has 3 rings (SSSR count). The molecule has 0 spiro atoms. The fourth-order valence-electron chi connectivity index (χ4n) is 3.40. The van der Waals surface area contributed by atoms with Gasteiger partial charge in [0.2, 0.25) is 11.6 Å². The molecule has 0 aromatic carbocycles. The zero-order valence-electron chi connectivity index (χ0n) is 15.5. The molecule has 3 N–H and O–H groups in total. The smallest absolute Gasteiger partial charge is 0.274 e. The number of nitrogens with zero attached hydrogens (tertiary/aromatic N) is 3. The number of carbonyl (C=O) groups is 1. The summed E-state index contributed by atoms with van der Waals surface area (Å²) in [4.78, 5) is 24.8. The van der Waals surface area contributed by atoms with Crippen molar-refractivity contribution in [3.63, 3.8) is 0 Å². The largest absolute Gasteiger partial charge is 0.501 e. The average Bonchev–Trinajstić information content (AvgIpc) is 2.70. The third kappa shape index (κ3) is 4.27. The molecule has 27 heavy (non-hydrogen) atoms. The van der Waals surface area contributed by atoms with Crippen molar-refractivity contribution < 1.29 is 19.7 Å². The predicted octanol–water partition coefficient (Wildman–Crippen LogP) is 2.66. The van der Waals surface area contributed by atoms with E-state index in [2.05, 4.69) is 20.3 Å². The van der Waals surface area contributed by atoms with Gasteiger partial charge < -0.3 is 20.3 Å². The van der Waals surface area contributed by atoms with Crippen LogP contribution >= 0.6 is 0 Å². The fraction of sp³-hybridized carbons (Fsp3) is 0.474. The molecule has 1 amide bonds. The van der Waals surface area contributed by atoms with Crippen LogP contribution in [0, 0.1) is 5.92 Å². The molecule has 0 radical (unpaired) electrons. The Labute approximate surface area is 157 Å². The lowest BCUT2D eigenvalue weighted by molar-refractivity contribution is 0.0910. The Morgan fingerprint density at radius 2 is 1.93 bits per heavy atom. The van der Waals surface area contributed by atoms with Gasteiger partial charge in [-0.3, -0.25) is 4.79 Å². The van der Waals surface area contributed by atoms with Crippen molar-refractivity contribution in [3.8, 4) is 29.0 Å². The maximum atomic E-state index is 12.7. The summed E-state index contributed by atoms with van der Waals surface area (Å²) in [6, 6.07) is 4.93. The summed E-state index contributed by atoms with van der Waals surface area (Å²) in [6.45, 7) is 1.95. The van der Waals surface area contributed by atoms with Gasteiger partial charge in [-0.2, -0.15) is 4.98 Å². The summed E-state index contributed by atoms with van der Waals surface area (Å²) in [5, 5.41) is 22.9. The zero-order valence-corrected chi connectivity index (χ0v) is 15.5. The molecular weight excluding hydrogens is 348 g/mol. The van der Waals surface area contributed by atoms with Crippen LogP contribution in [0.5, 0.6) is 17.5 Å². The molecule has 0 aliphatic heterocycles. The van der Waals surface area contributed by atoms with E-state index >= 15 is 0 Å². The predicted molar refractivity (Wildman–Crippen MR) is 98.6 cm³/mol. The first-order valence-electron chi connectivity index (χ1n) is 9.12. The number of nitrogens with one attached hydrogen (secondary N) is 1. The molecule has 0 bridgehead atoms. The van der Waals surface area contributed by atoms with Crippen LogP contribution in [0.4, 0.5) is 0 Å². The molecule has 0 saturated heterocycles. The number of aromatic nitrogens is 3. The molecule has 1 atom stereocenters. The van der Waals surface area contributed by atoms with Crippen molar-refractivity contribution in [1.82, 2.24) is 20.3 Å². The molecule has 1 fully saturated rings. The second kappa shape index (κ2) is 8.20. The molecule has 2 aromatic heterocycles. The Morgan fingerprint density at radius 1 is 1.19 bits per heavy atom. The monoisotopic (exact) mass is 372 g/mol. The number of ether oxygens (including phenoxy) is 1. The Hall–Kier alpha value is -2.90. The van der Waals surface area contributed by atoms with Crippen molar-refractivity contribution in [2.45, 2.75) is 45.1 Å². The van der Waals surface area contributed by atoms with E-state index < -0.39 is 17.5 Å². The number of hydrogen-bond donors (Lipinski definition) is 3. The molecular formula is C19H24N4O4. The van der Waals surface area contributed by atoms with Gasteiger partial charge in [0.25, 0.3) is 11.8 Å². The van der Waals surface area contributed by atoms with Gasteiger partial charge in [0, 0.05) is 12.1 Å². The SMILES string of the molecule is COc1cccc(-c2nc(O)c(O)c(C(=O)NC(C)C3CCCCC3)n2)n1. The van der Waals surface area contributed by atoms with Crippen molar-refractivity contribution in [2.75, 3.05) is 7.11 Å². The Morgan fingerprint density at radius 3 is 2.63 bits per heavy atom. The summed E-state index contributed by atoms with van der Waals surface area (Å²) in [5.74, 6) is -1.08. The summed E-state index contributed by atoms with van der Waals surface area (Å²) in [6.07, 6.45) is 5.70. The van der Waals surface area contributed by atoms with Gasteiger partial charge in [0.1, 0.15) is 5.69 Å². The van der Waals surface area contributed by atoms with Gasteiger partial charge in [0.05, 0.1) is 7.11 Å². The van der Waals surface area contributed by atoms with Crippen LogP contribution in [0.15, 0.2) is 18.2 Å². The first-order valence-corrected chi connectivity index (χ1v) is 9.12. The van der Waals surface area contributed by atoms with Gasteiger partial charge in [-0.05, 0) is 31.7 Å². The minimum atomic E-state index is -0.667. The van der Waals surface area contributed by atoms with Crippen molar-refractivity contribution >= 4 is 5.91 Å². The van der Waals surface area contributed by atoms with Crippen LogP contribution in [0.25, 0.3) is 11.5 Å². The van der Waals surface area contributed by atoms with Gasteiger partial charge in [0.15, 0.2) is 11.5 Å². The Balaban J connectivity index is 1.85. The fourth-order valence-corrected chi connectivity index (χ4v) is 3.40. The van der Waals surface area contributed by atoms with E-state index in [0.29, 0.717) is 17.5 Å². The number of carbonyl (C=O) groups excluding carboxylic acids is 1. The minimum absolute atomic E-state index is 0.0275. The second-order valence-electron chi connectivity index (χ2n) is 6.79. The molecule has 2 aromatic rings. The standard InChI is InChI=1S/C19H24N4O4/c1-11(12-7-4-3-5-8-12)20-18(25)15-16(24)19(26)23-17(22-15)13-9-6-10-14(21-13)27-2/h6,9-12,24H,3-5,7-8H2,1-2H3,(H,20,25)(H,22,23,26). The van der Waals surface area contributed by atoms with Crippen LogP contribution in [-0.4, -0.2) is 44.2 Å². The summed E-state index contributed by atoms with van der Waals surface area (Å²) in [7, 11) is 1.48. The third-order valence-corrected chi connectivity index (χ3v) is 4.96. The maximum Gasteiger partial charge on any atom is 0.274 e. The van der Waals surface area contributed by atoms with Crippen molar-refractivity contribution in [2.24, 2.45) is 5.92 Å². The van der Waals surface area contributed by atoms with Crippen LogP contribution in [0.2, 0.25) is 0 Å². The van der Waals surface area contributed by atoms with Crippen LogP contribution in [0.3, 0.4) is 0 Å². The lowest BCUT2D eigenvalue weighted by Crippen LogP contribution is -2.39. The van der Waals surface area contributed by atoms with Crippen LogP contribution < -0.4 is 10.1 Å². The van der Waals surface area contributed by atoms with Crippen molar-refractivity contribution in [3.05, 3.63) is 23.9 Å². The van der Waals surface area contributed by atoms with Crippen molar-refractivity contribution in [1.29, 1.82) is 0 Å². The highest BCUT2D eigenvalue weighted by Crippen LogP contribution is 2.30. The molecule has 144 valence electrons. The first-order chi connectivity index (χ1) is 13.0. The number of hydrogen-bond acceptors (Lipinski definition) is 7. The topological polar surface area (TPSA) is 117 Å². The van der Waals surface area contributed by atoms with E-state index in [1.165, 1.54) is 13.5 Å². The number of aromatic hydroxyl groups is 2. The number of pyridine rings is 1. The van der Waals surface area contributed by atoms with E-state index in [4.69, 9.17) is 4.74 Å². The highest BCUT2D eigenvalue weighted by Gasteiger charge is 2.26. The third-order valence-electron chi connectivity index (χ3n) is 4.96. The number of rotatable bonds is 5. The summed E-state index contributed by atoms with van der Waals surface area (Å²) < 4.78 is 5.07. The minimum Gasteiger partial charge on any atom is -0.501 e. The zero-order chi connectivity index (χ0) is 19.4. The highest BCUT2D eigenvalue weighted by molar-refractivity contribution is 5.96. The molecule has 8 nitrogen and oxygen atoms in total. The Kier molecular flexibility index (Phi) is 5.73. The highest BCUT2D eigenvalue weighted by atomic mass is 16.5. The molecule has 8 heteroatoms. The van der Waals surface area contributed by atoms with E-state index in [1.54, 1.807) is 18.2 Å². The lowest BCUT2D eigenvalue weighted by atomic mass is 9.84. The quantitative estimate of drug-likeness (QED) is 0.738. The summed E-state index contributed by atoms with van der Waals surface area (Å²) in [5.41, 5.74) is 0.0452. The normalized spacial score (nSPS) is 15.9. The van der Waals surface area contributed by atoms with Crippen LogP contribution in [0.1, 0.15) is 49.5 Å². The lowest BCUT2D eigenvalue weighted by Gasteiger charge is -2.28. The van der Waals surface area contributed by atoms with Gasteiger partial charge in [-0.1, -0.05) is 25.3 Å². The maximum absolute atomic E-state index is 12.7. The molecule has 1 aliphatic rings. The van der Waals surface area contributed by atoms with Crippen LogP contribution in [-0.2, 0) is 0 Å². The molecule has 1 saturated carbocycles. The van der Waals surface area contributed by atoms with Gasteiger partial charge >= 0.3 is 0 Å². The van der Waals surface area contributed by atoms with Gasteiger partial charge in [-0.15, -0.1) is 0 Å². The van der Waals surface area contributed by atoms with E-state index in [0.717, 1.165) is 25.7 Å². The van der Waals surface area contributed by atoms with E-state index in [9.17, 15) is 15.0 Å².